The van der Waals surface area contributed by atoms with E-state index in [0.717, 1.165) is 5.92 Å². The third-order valence-electron chi connectivity index (χ3n) is 5.35. The molecule has 18 heavy (non-hydrogen) atoms. The van der Waals surface area contributed by atoms with Gasteiger partial charge in [-0.1, -0.05) is 13.8 Å². The highest BCUT2D eigenvalue weighted by molar-refractivity contribution is 5.67. The van der Waals surface area contributed by atoms with Gasteiger partial charge >= 0.3 is 0 Å². The van der Waals surface area contributed by atoms with Crippen LogP contribution in [0.2, 0.25) is 0 Å². The summed E-state index contributed by atoms with van der Waals surface area (Å²) in [5, 5.41) is 9.30. The maximum absolute atomic E-state index is 11.3. The van der Waals surface area contributed by atoms with Gasteiger partial charge in [0.15, 0.2) is 6.29 Å². The summed E-state index contributed by atoms with van der Waals surface area (Å²) in [6.07, 6.45) is 5.10. The van der Waals surface area contributed by atoms with Crippen molar-refractivity contribution in [2.24, 2.45) is 23.2 Å². The summed E-state index contributed by atoms with van der Waals surface area (Å²) >= 11 is 0. The van der Waals surface area contributed by atoms with Gasteiger partial charge in [0.25, 0.3) is 0 Å². The Balaban J connectivity index is 2.18. The van der Waals surface area contributed by atoms with Gasteiger partial charge in [-0.05, 0) is 49.4 Å². The molecular weight excluding hydrogens is 226 g/mol. The fourth-order valence-corrected chi connectivity index (χ4v) is 4.23. The molecule has 4 unspecified atom stereocenters. The zero-order chi connectivity index (χ0) is 13.4. The summed E-state index contributed by atoms with van der Waals surface area (Å²) in [6.45, 7) is 6.83. The van der Waals surface area contributed by atoms with Crippen molar-refractivity contribution in [2.45, 2.75) is 52.1 Å². The quantitative estimate of drug-likeness (QED) is 0.704. The minimum absolute atomic E-state index is 0.241. The molecule has 0 heterocycles. The molecule has 2 saturated carbocycles. The zero-order valence-corrected chi connectivity index (χ0v) is 11.6. The van der Waals surface area contributed by atoms with E-state index in [1.807, 2.05) is 6.92 Å². The van der Waals surface area contributed by atoms with E-state index in [1.54, 1.807) is 0 Å². The fourth-order valence-electron chi connectivity index (χ4n) is 4.23. The van der Waals surface area contributed by atoms with Gasteiger partial charge in [0.2, 0.25) is 5.60 Å². The average Bonchev–Trinajstić information content (AvgIpc) is 2.90. The Morgan fingerprint density at radius 1 is 1.50 bits per heavy atom. The van der Waals surface area contributed by atoms with Gasteiger partial charge in [0, 0.05) is 13.0 Å². The SMILES string of the molecule is CCOC(C#N)(C=O)CC1C2CCC(C2)C1(C)C. The lowest BCUT2D eigenvalue weighted by Gasteiger charge is -2.40. The summed E-state index contributed by atoms with van der Waals surface area (Å²) in [4.78, 5) is 11.3. The zero-order valence-electron chi connectivity index (χ0n) is 11.6. The number of hydrogen-bond donors (Lipinski definition) is 0. The van der Waals surface area contributed by atoms with Crippen molar-refractivity contribution in [3.05, 3.63) is 0 Å². The highest BCUT2D eigenvalue weighted by Gasteiger charge is 2.54. The molecule has 0 aromatic heterocycles. The van der Waals surface area contributed by atoms with Crippen LogP contribution < -0.4 is 0 Å². The molecule has 0 radical (unpaired) electrons. The first-order valence-corrected chi connectivity index (χ1v) is 7.00. The van der Waals surface area contributed by atoms with Crippen molar-refractivity contribution < 1.29 is 9.53 Å². The van der Waals surface area contributed by atoms with Crippen LogP contribution in [0.5, 0.6) is 0 Å². The summed E-state index contributed by atoms with van der Waals surface area (Å²) < 4.78 is 5.46. The maximum Gasteiger partial charge on any atom is 0.209 e. The van der Waals surface area contributed by atoms with Gasteiger partial charge in [-0.3, -0.25) is 4.79 Å². The number of fused-ring (bicyclic) bond motifs is 2. The fraction of sp³-hybridized carbons (Fsp3) is 0.867. The third-order valence-corrected chi connectivity index (χ3v) is 5.35. The van der Waals surface area contributed by atoms with Crippen LogP contribution in [0.15, 0.2) is 0 Å². The van der Waals surface area contributed by atoms with E-state index in [4.69, 9.17) is 4.74 Å². The van der Waals surface area contributed by atoms with Crippen molar-refractivity contribution in [3.63, 3.8) is 0 Å². The Hall–Kier alpha value is -0.880. The first-order valence-electron chi connectivity index (χ1n) is 7.00. The number of aldehydes is 1. The molecule has 4 atom stereocenters. The second kappa shape index (κ2) is 4.66. The Labute approximate surface area is 110 Å². The van der Waals surface area contributed by atoms with Crippen LogP contribution >= 0.6 is 0 Å². The number of nitrogens with zero attached hydrogens (tertiary/aromatic N) is 1. The van der Waals surface area contributed by atoms with E-state index in [9.17, 15) is 10.1 Å². The highest BCUT2D eigenvalue weighted by Crippen LogP contribution is 2.61. The van der Waals surface area contributed by atoms with E-state index in [2.05, 4.69) is 19.9 Å². The topological polar surface area (TPSA) is 50.1 Å². The van der Waals surface area contributed by atoms with Crippen molar-refractivity contribution in [1.82, 2.24) is 0 Å². The summed E-state index contributed by atoms with van der Waals surface area (Å²) in [6, 6.07) is 2.10. The minimum atomic E-state index is -1.22. The molecule has 3 heteroatoms. The smallest absolute Gasteiger partial charge is 0.209 e. The summed E-state index contributed by atoms with van der Waals surface area (Å²) in [5.41, 5.74) is -0.980. The van der Waals surface area contributed by atoms with E-state index in [0.29, 0.717) is 31.1 Å². The van der Waals surface area contributed by atoms with Crippen LogP contribution in [0.1, 0.15) is 46.5 Å². The maximum atomic E-state index is 11.3. The molecule has 0 aromatic rings. The summed E-state index contributed by atoms with van der Waals surface area (Å²) in [7, 11) is 0. The van der Waals surface area contributed by atoms with Crippen molar-refractivity contribution in [1.29, 1.82) is 5.26 Å². The number of rotatable bonds is 5. The van der Waals surface area contributed by atoms with E-state index >= 15 is 0 Å². The number of ether oxygens (including phenoxy) is 1. The molecule has 0 saturated heterocycles. The van der Waals surface area contributed by atoms with Gasteiger partial charge in [-0.25, -0.2) is 0 Å². The molecule has 3 nitrogen and oxygen atoms in total. The standard InChI is InChI=1S/C15H23NO2/c1-4-18-15(9-16,10-17)8-13-11-5-6-12(7-11)14(13,2)3/h10-13H,4-8H2,1-3H3. The van der Waals surface area contributed by atoms with Crippen LogP contribution in [0.25, 0.3) is 0 Å². The molecule has 0 amide bonds. The Bertz CT molecular complexity index is 371. The average molecular weight is 249 g/mol. The van der Waals surface area contributed by atoms with Crippen molar-refractivity contribution in [3.8, 4) is 6.07 Å². The lowest BCUT2D eigenvalue weighted by atomic mass is 9.65. The lowest BCUT2D eigenvalue weighted by Crippen LogP contribution is -2.41. The van der Waals surface area contributed by atoms with Gasteiger partial charge in [0.05, 0.1) is 0 Å². The highest BCUT2D eigenvalue weighted by atomic mass is 16.5. The van der Waals surface area contributed by atoms with Gasteiger partial charge in [-0.2, -0.15) is 5.26 Å². The first-order chi connectivity index (χ1) is 8.49. The Morgan fingerprint density at radius 3 is 2.67 bits per heavy atom. The van der Waals surface area contributed by atoms with Gasteiger partial charge in [-0.15, -0.1) is 0 Å². The van der Waals surface area contributed by atoms with Gasteiger partial charge in [0.1, 0.15) is 6.07 Å². The molecule has 0 aliphatic heterocycles. The summed E-state index contributed by atoms with van der Waals surface area (Å²) in [5.74, 6) is 1.88. The molecule has 2 aliphatic rings. The molecule has 2 bridgehead atoms. The second-order valence-corrected chi connectivity index (χ2v) is 6.45. The number of carbonyl (C=O) groups excluding carboxylic acids is 1. The van der Waals surface area contributed by atoms with Crippen LogP contribution in [0.3, 0.4) is 0 Å². The van der Waals surface area contributed by atoms with Gasteiger partial charge < -0.3 is 4.74 Å². The number of hydrogen-bond acceptors (Lipinski definition) is 3. The molecule has 2 fully saturated rings. The molecule has 2 rings (SSSR count). The Morgan fingerprint density at radius 2 is 2.22 bits per heavy atom. The van der Waals surface area contributed by atoms with Crippen molar-refractivity contribution >= 4 is 6.29 Å². The lowest BCUT2D eigenvalue weighted by molar-refractivity contribution is -0.127. The van der Waals surface area contributed by atoms with E-state index < -0.39 is 5.60 Å². The van der Waals surface area contributed by atoms with Crippen molar-refractivity contribution in [2.75, 3.05) is 6.61 Å². The first kappa shape index (κ1) is 13.5. The molecule has 0 N–H and O–H groups in total. The van der Waals surface area contributed by atoms with E-state index in [-0.39, 0.29) is 5.41 Å². The third kappa shape index (κ3) is 1.97. The molecule has 0 spiro atoms. The largest absolute Gasteiger partial charge is 0.354 e. The Kier molecular flexibility index (Phi) is 3.51. The normalized spacial score (nSPS) is 36.0. The number of carbonyl (C=O) groups is 1. The van der Waals surface area contributed by atoms with Crippen LogP contribution in [0.4, 0.5) is 0 Å². The predicted molar refractivity (Wildman–Crippen MR) is 68.8 cm³/mol. The molecule has 0 aromatic carbocycles. The van der Waals surface area contributed by atoms with Crippen LogP contribution in [0, 0.1) is 34.5 Å². The van der Waals surface area contributed by atoms with Crippen LogP contribution in [-0.2, 0) is 9.53 Å². The monoisotopic (exact) mass is 249 g/mol. The van der Waals surface area contributed by atoms with E-state index in [1.165, 1.54) is 19.3 Å². The predicted octanol–water partition coefficient (Wildman–Crippen LogP) is 2.95. The minimum Gasteiger partial charge on any atom is -0.354 e. The second-order valence-electron chi connectivity index (χ2n) is 6.45. The molecular formula is C15H23NO2. The van der Waals surface area contributed by atoms with Crippen LogP contribution in [-0.4, -0.2) is 18.5 Å². The molecule has 100 valence electrons. The molecule has 2 aliphatic carbocycles. The number of nitriles is 1.